The fourth-order valence-corrected chi connectivity index (χ4v) is 1.47. The molecule has 0 spiro atoms. The zero-order valence-corrected chi connectivity index (χ0v) is 10.0. The first kappa shape index (κ1) is 13.5. The van der Waals surface area contributed by atoms with Gasteiger partial charge in [0, 0.05) is 13.2 Å². The average molecular weight is 237 g/mol. The summed E-state index contributed by atoms with van der Waals surface area (Å²) in [5.74, 6) is 0.440. The van der Waals surface area contributed by atoms with E-state index in [0.717, 1.165) is 5.56 Å². The number of phenols is 1. The number of nitrogens with one attached hydrogen (secondary N) is 1. The van der Waals surface area contributed by atoms with Gasteiger partial charge in [0.25, 0.3) is 0 Å². The quantitative estimate of drug-likeness (QED) is 0.693. The Morgan fingerprint density at radius 3 is 2.59 bits per heavy atom. The van der Waals surface area contributed by atoms with Crippen LogP contribution >= 0.6 is 0 Å². The highest BCUT2D eigenvalue weighted by atomic mass is 16.3. The molecule has 0 saturated heterocycles. The van der Waals surface area contributed by atoms with Crippen molar-refractivity contribution in [3.05, 3.63) is 29.8 Å². The maximum atomic E-state index is 11.6. The summed E-state index contributed by atoms with van der Waals surface area (Å²) < 4.78 is 0. The Bertz CT molecular complexity index is 348. The maximum Gasteiger partial charge on any atom is 0.224 e. The standard InChI is InChI=1S/C13H19NO3/c1-10(6-7-15)9-14-13(17)8-11-2-4-12(16)5-3-11/h2-5,10,15-16H,6-9H2,1H3,(H,14,17). The van der Waals surface area contributed by atoms with Crippen molar-refractivity contribution in [3.63, 3.8) is 0 Å². The number of aromatic hydroxyl groups is 1. The smallest absolute Gasteiger partial charge is 0.224 e. The van der Waals surface area contributed by atoms with Gasteiger partial charge < -0.3 is 15.5 Å². The number of benzene rings is 1. The van der Waals surface area contributed by atoms with Gasteiger partial charge in [-0.2, -0.15) is 0 Å². The van der Waals surface area contributed by atoms with E-state index in [0.29, 0.717) is 19.4 Å². The van der Waals surface area contributed by atoms with Crippen molar-refractivity contribution in [2.75, 3.05) is 13.2 Å². The molecule has 1 aromatic carbocycles. The number of carbonyl (C=O) groups is 1. The first-order valence-electron chi connectivity index (χ1n) is 5.77. The lowest BCUT2D eigenvalue weighted by molar-refractivity contribution is -0.120. The zero-order chi connectivity index (χ0) is 12.7. The summed E-state index contributed by atoms with van der Waals surface area (Å²) in [4.78, 5) is 11.6. The van der Waals surface area contributed by atoms with Crippen LogP contribution in [0.5, 0.6) is 5.75 Å². The first-order valence-corrected chi connectivity index (χ1v) is 5.77. The lowest BCUT2D eigenvalue weighted by Crippen LogP contribution is -2.29. The minimum absolute atomic E-state index is 0.0412. The average Bonchev–Trinajstić information content (AvgIpc) is 2.30. The Morgan fingerprint density at radius 2 is 2.00 bits per heavy atom. The topological polar surface area (TPSA) is 69.6 Å². The van der Waals surface area contributed by atoms with Gasteiger partial charge in [-0.05, 0) is 30.0 Å². The van der Waals surface area contributed by atoms with E-state index in [4.69, 9.17) is 10.2 Å². The second-order valence-electron chi connectivity index (χ2n) is 4.26. The van der Waals surface area contributed by atoms with E-state index in [1.807, 2.05) is 6.92 Å². The van der Waals surface area contributed by atoms with Crippen LogP contribution in [0.3, 0.4) is 0 Å². The number of amides is 1. The van der Waals surface area contributed by atoms with E-state index in [9.17, 15) is 4.79 Å². The normalized spacial score (nSPS) is 12.1. The molecule has 1 rings (SSSR count). The van der Waals surface area contributed by atoms with Crippen molar-refractivity contribution in [1.82, 2.24) is 5.32 Å². The highest BCUT2D eigenvalue weighted by molar-refractivity contribution is 5.78. The molecule has 4 nitrogen and oxygen atoms in total. The lowest BCUT2D eigenvalue weighted by atomic mass is 10.1. The van der Waals surface area contributed by atoms with Gasteiger partial charge in [-0.1, -0.05) is 19.1 Å². The van der Waals surface area contributed by atoms with Crippen LogP contribution in [-0.4, -0.2) is 29.3 Å². The van der Waals surface area contributed by atoms with Crippen molar-refractivity contribution in [2.24, 2.45) is 5.92 Å². The second kappa shape index (κ2) is 6.91. The summed E-state index contributed by atoms with van der Waals surface area (Å²) in [7, 11) is 0. The van der Waals surface area contributed by atoms with Crippen LogP contribution in [0.2, 0.25) is 0 Å². The van der Waals surface area contributed by atoms with Crippen LogP contribution < -0.4 is 5.32 Å². The zero-order valence-electron chi connectivity index (χ0n) is 10.0. The predicted molar refractivity (Wildman–Crippen MR) is 65.7 cm³/mol. The van der Waals surface area contributed by atoms with Crippen molar-refractivity contribution >= 4 is 5.91 Å². The Labute approximate surface area is 101 Å². The predicted octanol–water partition coefficient (Wildman–Crippen LogP) is 1.07. The molecule has 0 aliphatic carbocycles. The van der Waals surface area contributed by atoms with Gasteiger partial charge in [0.2, 0.25) is 5.91 Å². The second-order valence-corrected chi connectivity index (χ2v) is 4.26. The number of hydrogen-bond acceptors (Lipinski definition) is 3. The van der Waals surface area contributed by atoms with Crippen LogP contribution in [0, 0.1) is 5.92 Å². The van der Waals surface area contributed by atoms with Gasteiger partial charge >= 0.3 is 0 Å². The van der Waals surface area contributed by atoms with Crippen LogP contribution in [0.4, 0.5) is 0 Å². The molecule has 1 unspecified atom stereocenters. The molecule has 4 heteroatoms. The number of carbonyl (C=O) groups excluding carboxylic acids is 1. The van der Waals surface area contributed by atoms with E-state index in [1.165, 1.54) is 0 Å². The van der Waals surface area contributed by atoms with Gasteiger partial charge in [-0.3, -0.25) is 4.79 Å². The summed E-state index contributed by atoms with van der Waals surface area (Å²) in [6, 6.07) is 6.59. The van der Waals surface area contributed by atoms with Crippen molar-refractivity contribution in [2.45, 2.75) is 19.8 Å². The van der Waals surface area contributed by atoms with E-state index < -0.39 is 0 Å². The monoisotopic (exact) mass is 237 g/mol. The molecule has 3 N–H and O–H groups in total. The third kappa shape index (κ3) is 5.36. The van der Waals surface area contributed by atoms with Crippen LogP contribution in [0.1, 0.15) is 18.9 Å². The molecule has 1 amide bonds. The van der Waals surface area contributed by atoms with E-state index in [2.05, 4.69) is 5.32 Å². The fourth-order valence-electron chi connectivity index (χ4n) is 1.47. The number of aliphatic hydroxyl groups is 1. The Morgan fingerprint density at radius 1 is 1.35 bits per heavy atom. The lowest BCUT2D eigenvalue weighted by Gasteiger charge is -2.11. The Kier molecular flexibility index (Phi) is 5.49. The van der Waals surface area contributed by atoms with Gasteiger partial charge in [-0.15, -0.1) is 0 Å². The fraction of sp³-hybridized carbons (Fsp3) is 0.462. The minimum atomic E-state index is -0.0412. The highest BCUT2D eigenvalue weighted by Gasteiger charge is 2.06. The summed E-state index contributed by atoms with van der Waals surface area (Å²) >= 11 is 0. The third-order valence-corrected chi connectivity index (χ3v) is 2.57. The maximum absolute atomic E-state index is 11.6. The van der Waals surface area contributed by atoms with Crippen molar-refractivity contribution < 1.29 is 15.0 Å². The SMILES string of the molecule is CC(CCO)CNC(=O)Cc1ccc(O)cc1. The van der Waals surface area contributed by atoms with E-state index in [1.54, 1.807) is 24.3 Å². The summed E-state index contributed by atoms with van der Waals surface area (Å²) in [5, 5.41) is 20.6. The number of phenolic OH excluding ortho intramolecular Hbond substituents is 1. The minimum Gasteiger partial charge on any atom is -0.508 e. The van der Waals surface area contributed by atoms with E-state index >= 15 is 0 Å². The third-order valence-electron chi connectivity index (χ3n) is 2.57. The highest BCUT2D eigenvalue weighted by Crippen LogP contribution is 2.10. The molecule has 0 aromatic heterocycles. The van der Waals surface area contributed by atoms with Crippen LogP contribution in [0.25, 0.3) is 0 Å². The Hall–Kier alpha value is -1.55. The van der Waals surface area contributed by atoms with Gasteiger partial charge in [0.15, 0.2) is 0 Å². The van der Waals surface area contributed by atoms with E-state index in [-0.39, 0.29) is 24.2 Å². The number of hydrogen-bond donors (Lipinski definition) is 3. The van der Waals surface area contributed by atoms with Crippen LogP contribution in [0.15, 0.2) is 24.3 Å². The van der Waals surface area contributed by atoms with Crippen molar-refractivity contribution in [1.29, 1.82) is 0 Å². The molecule has 17 heavy (non-hydrogen) atoms. The molecule has 1 aromatic rings. The Balaban J connectivity index is 2.32. The first-order chi connectivity index (χ1) is 8.11. The van der Waals surface area contributed by atoms with Gasteiger partial charge in [0.1, 0.15) is 5.75 Å². The van der Waals surface area contributed by atoms with Crippen LogP contribution in [-0.2, 0) is 11.2 Å². The molecule has 94 valence electrons. The van der Waals surface area contributed by atoms with Crippen molar-refractivity contribution in [3.8, 4) is 5.75 Å². The molecule has 0 radical (unpaired) electrons. The number of aliphatic hydroxyl groups excluding tert-OH is 1. The molecule has 0 fully saturated rings. The number of rotatable bonds is 6. The van der Waals surface area contributed by atoms with Gasteiger partial charge in [0.05, 0.1) is 6.42 Å². The molecular formula is C13H19NO3. The molecule has 1 atom stereocenters. The summed E-state index contributed by atoms with van der Waals surface area (Å²) in [6.07, 6.45) is 1.01. The molecular weight excluding hydrogens is 218 g/mol. The largest absolute Gasteiger partial charge is 0.508 e. The molecule has 0 bridgehead atoms. The molecule has 0 heterocycles. The van der Waals surface area contributed by atoms with Gasteiger partial charge in [-0.25, -0.2) is 0 Å². The summed E-state index contributed by atoms with van der Waals surface area (Å²) in [6.45, 7) is 2.71. The molecule has 0 saturated carbocycles. The molecule has 0 aliphatic heterocycles. The molecule has 0 aliphatic rings. The summed E-state index contributed by atoms with van der Waals surface area (Å²) in [5.41, 5.74) is 0.870.